The van der Waals surface area contributed by atoms with E-state index in [0.717, 1.165) is 26.5 Å². The highest BCUT2D eigenvalue weighted by Crippen LogP contribution is 2.13. The molecule has 13 heteroatoms. The molecule has 0 fully saturated rings. The number of aliphatic hydroxyl groups excluding tert-OH is 4. The topological polar surface area (TPSA) is 188 Å². The summed E-state index contributed by atoms with van der Waals surface area (Å²) in [6.07, 6.45) is 18.6. The smallest absolute Gasteiger partial charge is 0.397 e. The van der Waals surface area contributed by atoms with E-state index in [0.29, 0.717) is 37.2 Å². The van der Waals surface area contributed by atoms with Crippen LogP contribution in [0.5, 0.6) is 0 Å². The lowest BCUT2D eigenvalue weighted by Gasteiger charge is -2.37. The number of carboxylic acid groups (broad SMARTS) is 1. The molecule has 0 bridgehead atoms. The van der Waals surface area contributed by atoms with E-state index in [4.69, 9.17) is 4.55 Å². The van der Waals surface area contributed by atoms with Crippen molar-refractivity contribution < 1.29 is 52.0 Å². The van der Waals surface area contributed by atoms with Gasteiger partial charge in [0.1, 0.15) is 19.2 Å². The monoisotopic (exact) mass is 688 g/mol. The van der Waals surface area contributed by atoms with Gasteiger partial charge in [-0.3, -0.25) is 13.6 Å². The van der Waals surface area contributed by atoms with Crippen molar-refractivity contribution in [1.29, 1.82) is 0 Å². The number of rotatable bonds is 28. The number of carboxylic acids is 1. The van der Waals surface area contributed by atoms with E-state index in [1.807, 2.05) is 11.9 Å². The van der Waals surface area contributed by atoms with Gasteiger partial charge < -0.3 is 34.8 Å². The van der Waals surface area contributed by atoms with Gasteiger partial charge in [0.05, 0.1) is 39.5 Å². The molecule has 0 saturated carbocycles. The lowest BCUT2D eigenvalue weighted by Crippen LogP contribution is -2.54. The van der Waals surface area contributed by atoms with Crippen LogP contribution < -0.4 is 5.11 Å². The first-order chi connectivity index (χ1) is 21.5. The summed E-state index contributed by atoms with van der Waals surface area (Å²) < 4.78 is 30.3. The number of hydrogen-bond acceptors (Lipinski definition) is 10. The molecule has 0 aromatic carbocycles. The molecule has 280 valence electrons. The van der Waals surface area contributed by atoms with Crippen molar-refractivity contribution in [3.05, 3.63) is 0 Å². The second-order valence-corrected chi connectivity index (χ2v) is 14.1. The molecule has 0 amide bonds. The van der Waals surface area contributed by atoms with Gasteiger partial charge in [-0.25, -0.2) is 0 Å². The van der Waals surface area contributed by atoms with Crippen LogP contribution in [0.3, 0.4) is 0 Å². The Morgan fingerprint density at radius 1 is 0.761 bits per heavy atom. The maximum atomic E-state index is 10.2. The molecule has 0 aromatic heterocycles. The molecule has 0 aromatic rings. The van der Waals surface area contributed by atoms with Crippen LogP contribution in [0.15, 0.2) is 0 Å². The third kappa shape index (κ3) is 43.1. The van der Waals surface area contributed by atoms with Crippen LogP contribution in [-0.2, 0) is 19.4 Å². The van der Waals surface area contributed by atoms with Crippen LogP contribution >= 0.6 is 0 Å². The van der Waals surface area contributed by atoms with Gasteiger partial charge >= 0.3 is 10.4 Å². The molecule has 46 heavy (non-hydrogen) atoms. The van der Waals surface area contributed by atoms with E-state index >= 15 is 0 Å². The van der Waals surface area contributed by atoms with Crippen LogP contribution in [0.4, 0.5) is 0 Å². The molecule has 0 rings (SSSR count). The molecule has 0 spiro atoms. The number of unbranched alkanes of at least 4 members (excludes halogenated alkanes) is 14. The minimum atomic E-state index is -4.16. The molecule has 0 heterocycles. The van der Waals surface area contributed by atoms with E-state index in [1.54, 1.807) is 20.8 Å². The average molecular weight is 689 g/mol. The number of carbonyl (C=O) groups excluding carboxylic acids is 1. The first kappa shape index (κ1) is 49.5. The Balaban J connectivity index is -0.000000682. The molecule has 0 aliphatic heterocycles. The zero-order valence-electron chi connectivity index (χ0n) is 30.1. The number of likely N-dealkylation sites (N-methyl/N-ethyl adjacent to an activating group) is 1. The second-order valence-electron chi connectivity index (χ2n) is 12.9. The molecule has 12 nitrogen and oxygen atoms in total. The van der Waals surface area contributed by atoms with Crippen molar-refractivity contribution >= 4 is 16.4 Å². The van der Waals surface area contributed by atoms with E-state index in [1.165, 1.54) is 83.5 Å². The van der Waals surface area contributed by atoms with Crippen LogP contribution in [-0.4, -0.2) is 127 Å². The molecule has 0 aliphatic carbocycles. The fraction of sp³-hybridized carbons (Fsp3) is 0.970. The van der Waals surface area contributed by atoms with Crippen molar-refractivity contribution in [2.75, 3.05) is 60.0 Å². The molecule has 0 aliphatic rings. The first-order valence-electron chi connectivity index (χ1n) is 17.5. The summed E-state index contributed by atoms with van der Waals surface area (Å²) in [4.78, 5) is 12.2. The zero-order valence-corrected chi connectivity index (χ0v) is 30.9. The standard InChI is InChI=1S/C18H36O2.C14H33N2O4.CH4O4S/c1-2-3-4-5-6-7-8-9-10-11-12-13-14-15-16-17-18(19)20;1-12(18)9-15(10-13(2)19)5-6-16(4,7-8-17)11-14(3)20;1-5-6(2,3)4/h2-17H2,1H3,(H,19,20);12-14,17-20H,5-11H2,1-4H3;1H3,(H,2,3,4)/q;+1;/p-1. The summed E-state index contributed by atoms with van der Waals surface area (Å²) in [5.74, 6) is -0.903. The van der Waals surface area contributed by atoms with Gasteiger partial charge in [0.2, 0.25) is 0 Å². The highest BCUT2D eigenvalue weighted by Gasteiger charge is 2.25. The van der Waals surface area contributed by atoms with Crippen LogP contribution in [0.1, 0.15) is 130 Å². The Bertz CT molecular complexity index is 760. The lowest BCUT2D eigenvalue weighted by atomic mass is 10.0. The van der Waals surface area contributed by atoms with Gasteiger partial charge in [0.15, 0.2) is 0 Å². The Labute approximate surface area is 281 Å². The van der Waals surface area contributed by atoms with Gasteiger partial charge in [-0.15, -0.1) is 0 Å². The summed E-state index contributed by atoms with van der Waals surface area (Å²) in [6, 6.07) is 0. The van der Waals surface area contributed by atoms with Crippen molar-refractivity contribution in [2.24, 2.45) is 0 Å². The number of aliphatic hydroxyl groups is 4. The summed E-state index contributed by atoms with van der Waals surface area (Å²) in [5.41, 5.74) is 0. The van der Waals surface area contributed by atoms with Gasteiger partial charge in [0.25, 0.3) is 0 Å². The van der Waals surface area contributed by atoms with Crippen LogP contribution in [0.25, 0.3) is 0 Å². The Hall–Kier alpha value is -0.900. The largest absolute Gasteiger partial charge is 0.550 e. The lowest BCUT2D eigenvalue weighted by molar-refractivity contribution is -0.912. The second kappa shape index (κ2) is 32.6. The highest BCUT2D eigenvalue weighted by molar-refractivity contribution is 7.80. The molecular weight excluding hydrogens is 616 g/mol. The average Bonchev–Trinajstić information content (AvgIpc) is 2.93. The van der Waals surface area contributed by atoms with E-state index in [2.05, 4.69) is 11.1 Å². The van der Waals surface area contributed by atoms with Crippen molar-refractivity contribution in [2.45, 2.75) is 149 Å². The fourth-order valence-electron chi connectivity index (χ4n) is 5.20. The van der Waals surface area contributed by atoms with Gasteiger partial charge in [0, 0.05) is 25.6 Å². The van der Waals surface area contributed by atoms with Crippen molar-refractivity contribution in [3.63, 3.8) is 0 Å². The Morgan fingerprint density at radius 3 is 1.41 bits per heavy atom. The van der Waals surface area contributed by atoms with E-state index in [9.17, 15) is 38.7 Å². The molecule has 4 atom stereocenters. The number of hydrogen-bond donors (Lipinski definition) is 5. The maximum absolute atomic E-state index is 10.2. The van der Waals surface area contributed by atoms with Crippen LogP contribution in [0, 0.1) is 0 Å². The number of nitrogens with zero attached hydrogens (tertiary/aromatic N) is 2. The van der Waals surface area contributed by atoms with Gasteiger partial charge in [-0.1, -0.05) is 96.8 Å². The highest BCUT2D eigenvalue weighted by atomic mass is 32.3. The Kier molecular flexibility index (Phi) is 35.1. The van der Waals surface area contributed by atoms with Gasteiger partial charge in [-0.05, 0) is 33.6 Å². The Morgan fingerprint density at radius 2 is 1.13 bits per heavy atom. The van der Waals surface area contributed by atoms with E-state index < -0.39 is 34.7 Å². The molecule has 0 radical (unpaired) electrons. The third-order valence-corrected chi connectivity index (χ3v) is 7.96. The van der Waals surface area contributed by atoms with Gasteiger partial charge in [-0.2, -0.15) is 8.42 Å². The maximum Gasteiger partial charge on any atom is 0.397 e. The number of quaternary nitrogens is 1. The summed E-state index contributed by atoms with van der Waals surface area (Å²) in [5, 5.41) is 48.0. The normalized spacial score (nSPS) is 14.8. The minimum absolute atomic E-state index is 0.0794. The summed E-state index contributed by atoms with van der Waals surface area (Å²) >= 11 is 0. The SMILES string of the molecule is CC(O)CN(CC[N+](C)(CCO)CC(C)O)CC(C)O.CCCCCCCCCCCCCCCCCC(=O)[O-].COS(=O)(=O)O. The zero-order chi connectivity index (χ0) is 35.9. The van der Waals surface area contributed by atoms with Crippen LogP contribution in [0.2, 0.25) is 0 Å². The van der Waals surface area contributed by atoms with Crippen molar-refractivity contribution in [3.8, 4) is 0 Å². The number of carbonyl (C=O) groups is 1. The third-order valence-electron chi connectivity index (χ3n) is 7.54. The fourth-order valence-corrected chi connectivity index (χ4v) is 5.20. The molecule has 4 unspecified atom stereocenters. The quantitative estimate of drug-likeness (QED) is 0.0461. The predicted octanol–water partition coefficient (Wildman–Crippen LogP) is 3.30. The predicted molar refractivity (Wildman–Crippen MR) is 182 cm³/mol. The molecular formula is C33H72N2O10S. The molecule has 5 N–H and O–H groups in total. The summed E-state index contributed by atoms with van der Waals surface area (Å²) in [6.45, 7) is 11.2. The summed E-state index contributed by atoms with van der Waals surface area (Å²) in [7, 11) is -1.29. The minimum Gasteiger partial charge on any atom is -0.550 e. The first-order valence-corrected chi connectivity index (χ1v) is 18.8. The van der Waals surface area contributed by atoms with E-state index in [-0.39, 0.29) is 13.0 Å². The number of aliphatic carboxylic acids is 1. The molecule has 0 saturated heterocycles. The van der Waals surface area contributed by atoms with Crippen molar-refractivity contribution in [1.82, 2.24) is 4.90 Å².